The van der Waals surface area contributed by atoms with Gasteiger partial charge in [-0.2, -0.15) is 0 Å². The van der Waals surface area contributed by atoms with Crippen LogP contribution < -0.4 is 10.6 Å². The fraction of sp³-hybridized carbons (Fsp3) is 0.941. The van der Waals surface area contributed by atoms with Gasteiger partial charge in [-0.25, -0.2) is 8.42 Å². The molecule has 0 aromatic carbocycles. The van der Waals surface area contributed by atoms with Gasteiger partial charge in [-0.15, -0.1) is 0 Å². The third-order valence-electron chi connectivity index (χ3n) is 4.42. The zero-order chi connectivity index (χ0) is 17.8. The van der Waals surface area contributed by atoms with E-state index in [-0.39, 0.29) is 11.8 Å². The van der Waals surface area contributed by atoms with E-state index in [1.54, 1.807) is 7.05 Å². The average Bonchev–Trinajstić information content (AvgIpc) is 2.55. The maximum absolute atomic E-state index is 11.2. The number of guanidine groups is 1. The molecule has 1 aliphatic heterocycles. The first-order valence-corrected chi connectivity index (χ1v) is 11.3. The van der Waals surface area contributed by atoms with Crippen molar-refractivity contribution in [2.24, 2.45) is 4.99 Å². The Morgan fingerprint density at radius 3 is 2.50 bits per heavy atom. The molecule has 24 heavy (non-hydrogen) atoms. The van der Waals surface area contributed by atoms with Gasteiger partial charge in [-0.05, 0) is 58.7 Å². The molecule has 1 saturated heterocycles. The standard InChI is InChI=1S/C17H36N4O2S/c1-16(10-15-24(3,22)23)20-17(18-2)19-11-6-4-7-12-21-13-8-5-9-14-21/h16H,4-15H2,1-3H3,(H2,18,19,20). The maximum Gasteiger partial charge on any atom is 0.191 e. The van der Waals surface area contributed by atoms with Crippen molar-refractivity contribution in [3.8, 4) is 0 Å². The summed E-state index contributed by atoms with van der Waals surface area (Å²) in [6.45, 7) is 6.67. The van der Waals surface area contributed by atoms with Crippen LogP contribution in [-0.4, -0.2) is 70.6 Å². The van der Waals surface area contributed by atoms with Crippen LogP contribution in [0.4, 0.5) is 0 Å². The Kier molecular flexibility index (Phi) is 10.3. The summed E-state index contributed by atoms with van der Waals surface area (Å²) in [7, 11) is -1.16. The summed E-state index contributed by atoms with van der Waals surface area (Å²) in [5.41, 5.74) is 0. The van der Waals surface area contributed by atoms with Crippen LogP contribution in [0, 0.1) is 0 Å². The molecule has 0 bridgehead atoms. The van der Waals surface area contributed by atoms with E-state index >= 15 is 0 Å². The van der Waals surface area contributed by atoms with Crippen LogP contribution in [0.3, 0.4) is 0 Å². The zero-order valence-corrected chi connectivity index (χ0v) is 16.5. The van der Waals surface area contributed by atoms with Crippen molar-refractivity contribution >= 4 is 15.8 Å². The van der Waals surface area contributed by atoms with Crippen LogP contribution in [0.1, 0.15) is 51.9 Å². The molecule has 7 heteroatoms. The highest BCUT2D eigenvalue weighted by molar-refractivity contribution is 7.90. The van der Waals surface area contributed by atoms with Gasteiger partial charge in [-0.1, -0.05) is 12.8 Å². The van der Waals surface area contributed by atoms with E-state index in [2.05, 4.69) is 20.5 Å². The molecule has 0 aromatic rings. The van der Waals surface area contributed by atoms with E-state index in [9.17, 15) is 8.42 Å². The van der Waals surface area contributed by atoms with E-state index in [4.69, 9.17) is 0 Å². The number of piperidine rings is 1. The Morgan fingerprint density at radius 2 is 1.88 bits per heavy atom. The van der Waals surface area contributed by atoms with Crippen LogP contribution in [0.2, 0.25) is 0 Å². The first-order valence-electron chi connectivity index (χ1n) is 9.28. The Balaban J connectivity index is 2.06. The van der Waals surface area contributed by atoms with Gasteiger partial charge in [0.05, 0.1) is 5.75 Å². The summed E-state index contributed by atoms with van der Waals surface area (Å²) in [6, 6.07) is 0.0880. The molecule has 0 amide bonds. The maximum atomic E-state index is 11.2. The molecule has 1 fully saturated rings. The Hall–Kier alpha value is -0.820. The lowest BCUT2D eigenvalue weighted by molar-refractivity contribution is 0.224. The fourth-order valence-electron chi connectivity index (χ4n) is 2.92. The topological polar surface area (TPSA) is 73.8 Å². The number of aliphatic imine (C=N–C) groups is 1. The summed E-state index contributed by atoms with van der Waals surface area (Å²) in [5, 5.41) is 6.56. The van der Waals surface area contributed by atoms with Gasteiger partial charge < -0.3 is 15.5 Å². The van der Waals surface area contributed by atoms with Crippen molar-refractivity contribution in [1.29, 1.82) is 0 Å². The van der Waals surface area contributed by atoms with Gasteiger partial charge in [0.25, 0.3) is 0 Å². The molecule has 6 nitrogen and oxygen atoms in total. The molecule has 1 atom stereocenters. The second kappa shape index (κ2) is 11.7. The lowest BCUT2D eigenvalue weighted by Gasteiger charge is -2.26. The number of hydrogen-bond donors (Lipinski definition) is 2. The fourth-order valence-corrected chi connectivity index (χ4v) is 3.70. The van der Waals surface area contributed by atoms with E-state index < -0.39 is 9.84 Å². The smallest absolute Gasteiger partial charge is 0.191 e. The molecule has 0 saturated carbocycles. The summed E-state index contributed by atoms with van der Waals surface area (Å²) < 4.78 is 22.4. The van der Waals surface area contributed by atoms with Gasteiger partial charge in [-0.3, -0.25) is 4.99 Å². The minimum absolute atomic E-state index is 0.0880. The Morgan fingerprint density at radius 1 is 1.17 bits per heavy atom. The van der Waals surface area contributed by atoms with Gasteiger partial charge in [0, 0.05) is 25.9 Å². The second-order valence-electron chi connectivity index (χ2n) is 6.93. The molecule has 0 aliphatic carbocycles. The average molecular weight is 361 g/mol. The molecular formula is C17H36N4O2S. The van der Waals surface area contributed by atoms with E-state index in [0.29, 0.717) is 6.42 Å². The highest BCUT2D eigenvalue weighted by Crippen LogP contribution is 2.09. The first kappa shape index (κ1) is 21.2. The number of nitrogens with zero attached hydrogens (tertiary/aromatic N) is 2. The number of unbranched alkanes of at least 4 members (excludes halogenated alkanes) is 2. The van der Waals surface area contributed by atoms with E-state index in [1.165, 1.54) is 58.0 Å². The summed E-state index contributed by atoms with van der Waals surface area (Å²) in [6.07, 6.45) is 9.61. The van der Waals surface area contributed by atoms with Crippen LogP contribution in [0.15, 0.2) is 4.99 Å². The molecule has 142 valence electrons. The van der Waals surface area contributed by atoms with E-state index in [1.807, 2.05) is 6.92 Å². The first-order chi connectivity index (χ1) is 11.4. The largest absolute Gasteiger partial charge is 0.356 e. The van der Waals surface area contributed by atoms with Crippen LogP contribution >= 0.6 is 0 Å². The Bertz CT molecular complexity index is 459. The highest BCUT2D eigenvalue weighted by Gasteiger charge is 2.10. The number of likely N-dealkylation sites (tertiary alicyclic amines) is 1. The van der Waals surface area contributed by atoms with Crippen LogP contribution in [0.5, 0.6) is 0 Å². The third kappa shape index (κ3) is 10.9. The van der Waals surface area contributed by atoms with Gasteiger partial charge >= 0.3 is 0 Å². The minimum atomic E-state index is -2.90. The summed E-state index contributed by atoms with van der Waals surface area (Å²) >= 11 is 0. The van der Waals surface area contributed by atoms with Crippen molar-refractivity contribution in [3.05, 3.63) is 0 Å². The molecular weight excluding hydrogens is 324 g/mol. The quantitative estimate of drug-likeness (QED) is 0.352. The molecule has 0 radical (unpaired) electrons. The van der Waals surface area contributed by atoms with Crippen LogP contribution in [-0.2, 0) is 9.84 Å². The summed E-state index contributed by atoms with van der Waals surface area (Å²) in [4.78, 5) is 6.78. The number of hydrogen-bond acceptors (Lipinski definition) is 4. The second-order valence-corrected chi connectivity index (χ2v) is 9.19. The van der Waals surface area contributed by atoms with Gasteiger partial charge in [0.15, 0.2) is 5.96 Å². The van der Waals surface area contributed by atoms with Crippen molar-refractivity contribution in [2.75, 3.05) is 45.2 Å². The van der Waals surface area contributed by atoms with Gasteiger partial charge in [0.1, 0.15) is 9.84 Å². The summed E-state index contributed by atoms with van der Waals surface area (Å²) in [5.74, 6) is 0.960. The monoisotopic (exact) mass is 360 g/mol. The molecule has 0 aromatic heterocycles. The normalized spacial score (nSPS) is 18.4. The molecule has 1 unspecified atom stereocenters. The molecule has 2 N–H and O–H groups in total. The molecule has 1 rings (SSSR count). The molecule has 1 aliphatic rings. The highest BCUT2D eigenvalue weighted by atomic mass is 32.2. The lowest BCUT2D eigenvalue weighted by Crippen LogP contribution is -2.43. The predicted octanol–water partition coefficient (Wildman–Crippen LogP) is 1.63. The van der Waals surface area contributed by atoms with E-state index in [0.717, 1.165) is 18.9 Å². The van der Waals surface area contributed by atoms with Crippen molar-refractivity contribution in [3.63, 3.8) is 0 Å². The van der Waals surface area contributed by atoms with Crippen molar-refractivity contribution in [1.82, 2.24) is 15.5 Å². The molecule has 0 spiro atoms. The van der Waals surface area contributed by atoms with Crippen molar-refractivity contribution < 1.29 is 8.42 Å². The zero-order valence-electron chi connectivity index (χ0n) is 15.7. The third-order valence-corrected chi connectivity index (χ3v) is 5.40. The lowest BCUT2D eigenvalue weighted by atomic mass is 10.1. The SMILES string of the molecule is CN=C(NCCCCCN1CCCCC1)NC(C)CCS(C)(=O)=O. The van der Waals surface area contributed by atoms with Gasteiger partial charge in [0.2, 0.25) is 0 Å². The minimum Gasteiger partial charge on any atom is -0.356 e. The number of rotatable bonds is 10. The van der Waals surface area contributed by atoms with Crippen molar-refractivity contribution in [2.45, 2.75) is 57.9 Å². The Labute approximate surface area is 148 Å². The van der Waals surface area contributed by atoms with Crippen LogP contribution in [0.25, 0.3) is 0 Å². The predicted molar refractivity (Wildman–Crippen MR) is 102 cm³/mol. The number of nitrogens with one attached hydrogen (secondary N) is 2. The number of sulfone groups is 1. The molecule has 1 heterocycles.